The number of fused-ring (bicyclic) bond motifs is 1. The van der Waals surface area contributed by atoms with E-state index in [1.807, 2.05) is 12.1 Å². The molecule has 0 aliphatic rings. The zero-order valence-corrected chi connectivity index (χ0v) is 13.4. The molecule has 3 aromatic rings. The van der Waals surface area contributed by atoms with Crippen molar-refractivity contribution in [2.24, 2.45) is 0 Å². The smallest absolute Gasteiger partial charge is 0.343 e. The van der Waals surface area contributed by atoms with Gasteiger partial charge in [0.2, 0.25) is 0 Å². The average molecular weight is 329 g/mol. The van der Waals surface area contributed by atoms with Crippen molar-refractivity contribution in [3.63, 3.8) is 0 Å². The molecule has 0 amide bonds. The number of nitriles is 1. The van der Waals surface area contributed by atoms with Crippen LogP contribution in [-0.4, -0.2) is 12.6 Å². The highest BCUT2D eigenvalue weighted by Crippen LogP contribution is 2.23. The number of hydrogen-bond donors (Lipinski definition) is 0. The number of nitrogens with zero attached hydrogens (tertiary/aromatic N) is 1. The summed E-state index contributed by atoms with van der Waals surface area (Å²) < 4.78 is 10.8. The molecule has 0 aliphatic carbocycles. The molecular formula is C21H15NO3. The molecule has 0 heterocycles. The van der Waals surface area contributed by atoms with E-state index < -0.39 is 5.97 Å². The van der Waals surface area contributed by atoms with Gasteiger partial charge >= 0.3 is 5.97 Å². The number of esters is 1. The first-order valence-electron chi connectivity index (χ1n) is 7.69. The van der Waals surface area contributed by atoms with Crippen LogP contribution in [0.4, 0.5) is 0 Å². The van der Waals surface area contributed by atoms with Crippen LogP contribution in [0.15, 0.2) is 73.3 Å². The van der Waals surface area contributed by atoms with Gasteiger partial charge in [0.25, 0.3) is 0 Å². The zero-order chi connectivity index (χ0) is 17.6. The van der Waals surface area contributed by atoms with Crippen LogP contribution in [0.2, 0.25) is 0 Å². The molecule has 0 spiro atoms. The maximum atomic E-state index is 12.3. The molecule has 0 aromatic heterocycles. The summed E-state index contributed by atoms with van der Waals surface area (Å²) >= 11 is 0. The lowest BCUT2D eigenvalue weighted by Crippen LogP contribution is -2.08. The number of rotatable bonds is 5. The average Bonchev–Trinajstić information content (AvgIpc) is 2.66. The van der Waals surface area contributed by atoms with E-state index >= 15 is 0 Å². The van der Waals surface area contributed by atoms with Gasteiger partial charge in [-0.3, -0.25) is 0 Å². The van der Waals surface area contributed by atoms with Crippen molar-refractivity contribution in [2.75, 3.05) is 6.61 Å². The van der Waals surface area contributed by atoms with Crippen molar-refractivity contribution in [3.05, 3.63) is 84.4 Å². The first kappa shape index (κ1) is 16.3. The number of ether oxygens (including phenoxy) is 2. The molecule has 0 N–H and O–H groups in total. The van der Waals surface area contributed by atoms with E-state index in [0.717, 1.165) is 10.8 Å². The topological polar surface area (TPSA) is 59.3 Å². The Kier molecular flexibility index (Phi) is 4.77. The van der Waals surface area contributed by atoms with Crippen LogP contribution in [0, 0.1) is 11.3 Å². The second kappa shape index (κ2) is 7.33. The molecule has 25 heavy (non-hydrogen) atoms. The van der Waals surface area contributed by atoms with Crippen LogP contribution < -0.4 is 9.47 Å². The Hall–Kier alpha value is -3.58. The van der Waals surface area contributed by atoms with Crippen molar-refractivity contribution in [2.45, 2.75) is 0 Å². The molecule has 3 aromatic carbocycles. The van der Waals surface area contributed by atoms with Gasteiger partial charge in [0.1, 0.15) is 18.1 Å². The van der Waals surface area contributed by atoms with Crippen LogP contribution in [-0.2, 0) is 0 Å². The van der Waals surface area contributed by atoms with Crippen molar-refractivity contribution in [1.29, 1.82) is 5.26 Å². The van der Waals surface area contributed by atoms with Gasteiger partial charge in [-0.1, -0.05) is 24.8 Å². The maximum Gasteiger partial charge on any atom is 0.343 e. The summed E-state index contributed by atoms with van der Waals surface area (Å²) in [6.07, 6.45) is 1.65. The molecule has 0 aliphatic heterocycles. The fourth-order valence-electron chi connectivity index (χ4n) is 2.37. The van der Waals surface area contributed by atoms with E-state index in [-0.39, 0.29) is 0 Å². The van der Waals surface area contributed by atoms with Gasteiger partial charge in [-0.25, -0.2) is 4.79 Å². The monoisotopic (exact) mass is 329 g/mol. The quantitative estimate of drug-likeness (QED) is 0.393. The second-order valence-corrected chi connectivity index (χ2v) is 5.35. The van der Waals surface area contributed by atoms with E-state index in [1.165, 1.54) is 0 Å². The second-order valence-electron chi connectivity index (χ2n) is 5.35. The third-order valence-electron chi connectivity index (χ3n) is 3.61. The minimum atomic E-state index is -0.441. The summed E-state index contributed by atoms with van der Waals surface area (Å²) in [5.74, 6) is 0.674. The van der Waals surface area contributed by atoms with Gasteiger partial charge in [0.05, 0.1) is 17.2 Å². The Balaban J connectivity index is 1.75. The highest BCUT2D eigenvalue weighted by molar-refractivity contribution is 5.92. The lowest BCUT2D eigenvalue weighted by Gasteiger charge is -2.07. The minimum absolute atomic E-state index is 0.411. The summed E-state index contributed by atoms with van der Waals surface area (Å²) in [5.41, 5.74) is 1.03. The normalized spacial score (nSPS) is 10.0. The fourth-order valence-corrected chi connectivity index (χ4v) is 2.37. The Labute approximate surface area is 145 Å². The van der Waals surface area contributed by atoms with Crippen LogP contribution in [0.25, 0.3) is 10.8 Å². The zero-order valence-electron chi connectivity index (χ0n) is 13.4. The molecule has 122 valence electrons. The van der Waals surface area contributed by atoms with E-state index in [0.29, 0.717) is 29.2 Å². The largest absolute Gasteiger partial charge is 0.490 e. The van der Waals surface area contributed by atoms with E-state index in [9.17, 15) is 4.79 Å². The first-order valence-corrected chi connectivity index (χ1v) is 7.69. The third-order valence-corrected chi connectivity index (χ3v) is 3.61. The summed E-state index contributed by atoms with van der Waals surface area (Å²) in [7, 11) is 0. The van der Waals surface area contributed by atoms with Crippen molar-refractivity contribution in [3.8, 4) is 17.6 Å². The van der Waals surface area contributed by atoms with Crippen LogP contribution in [0.1, 0.15) is 15.9 Å². The molecular weight excluding hydrogens is 314 g/mol. The predicted molar refractivity (Wildman–Crippen MR) is 95.8 cm³/mol. The molecule has 0 bridgehead atoms. The number of carbonyl (C=O) groups excluding carboxylic acids is 1. The molecule has 0 fully saturated rings. The van der Waals surface area contributed by atoms with E-state index in [4.69, 9.17) is 14.7 Å². The summed E-state index contributed by atoms with van der Waals surface area (Å²) in [6.45, 7) is 4.00. The van der Waals surface area contributed by atoms with Crippen molar-refractivity contribution < 1.29 is 14.3 Å². The lowest BCUT2D eigenvalue weighted by atomic mass is 10.1. The third kappa shape index (κ3) is 3.85. The predicted octanol–water partition coefficient (Wildman–Crippen LogP) is 4.50. The first-order chi connectivity index (χ1) is 12.2. The molecule has 0 saturated heterocycles. The molecule has 0 saturated carbocycles. The molecule has 0 atom stereocenters. The van der Waals surface area contributed by atoms with Gasteiger partial charge in [0.15, 0.2) is 0 Å². The summed E-state index contributed by atoms with van der Waals surface area (Å²) in [6, 6.07) is 19.5. The molecule has 0 radical (unpaired) electrons. The van der Waals surface area contributed by atoms with Crippen molar-refractivity contribution in [1.82, 2.24) is 0 Å². The number of benzene rings is 3. The Morgan fingerprint density at radius 2 is 1.68 bits per heavy atom. The SMILES string of the molecule is C=CCOc1ccc(C(=O)Oc2ccc3cc(C#N)ccc3c2)cc1. The van der Waals surface area contributed by atoms with Crippen LogP contribution in [0.5, 0.6) is 11.5 Å². The Morgan fingerprint density at radius 1 is 1.00 bits per heavy atom. The summed E-state index contributed by atoms with van der Waals surface area (Å²) in [5, 5.41) is 10.8. The van der Waals surface area contributed by atoms with Gasteiger partial charge < -0.3 is 9.47 Å². The minimum Gasteiger partial charge on any atom is -0.490 e. The van der Waals surface area contributed by atoms with Crippen LogP contribution >= 0.6 is 0 Å². The highest BCUT2D eigenvalue weighted by Gasteiger charge is 2.09. The highest BCUT2D eigenvalue weighted by atomic mass is 16.5. The summed E-state index contributed by atoms with van der Waals surface area (Å²) in [4.78, 5) is 12.3. The van der Waals surface area contributed by atoms with Gasteiger partial charge in [-0.05, 0) is 59.3 Å². The van der Waals surface area contributed by atoms with E-state index in [2.05, 4.69) is 12.6 Å². The van der Waals surface area contributed by atoms with Crippen molar-refractivity contribution >= 4 is 16.7 Å². The van der Waals surface area contributed by atoms with Gasteiger partial charge in [-0.2, -0.15) is 5.26 Å². The van der Waals surface area contributed by atoms with Crippen LogP contribution in [0.3, 0.4) is 0 Å². The molecule has 4 heteroatoms. The fraction of sp³-hybridized carbons (Fsp3) is 0.0476. The van der Waals surface area contributed by atoms with E-state index in [1.54, 1.807) is 54.6 Å². The number of carbonyl (C=O) groups is 1. The molecule has 0 unspecified atom stereocenters. The Bertz CT molecular complexity index is 969. The number of hydrogen-bond acceptors (Lipinski definition) is 4. The Morgan fingerprint density at radius 3 is 2.40 bits per heavy atom. The molecule has 4 nitrogen and oxygen atoms in total. The maximum absolute atomic E-state index is 12.3. The molecule has 3 rings (SSSR count). The lowest BCUT2D eigenvalue weighted by molar-refractivity contribution is 0.0735. The van der Waals surface area contributed by atoms with Gasteiger partial charge in [0, 0.05) is 0 Å². The standard InChI is InChI=1S/C21H15NO3/c1-2-11-24-19-8-5-16(6-9-19)21(23)25-20-10-7-17-12-15(14-22)3-4-18(17)13-20/h2-10,12-13H,1,11H2. The van der Waals surface area contributed by atoms with Gasteiger partial charge in [-0.15, -0.1) is 0 Å².